The van der Waals surface area contributed by atoms with Gasteiger partial charge in [0.05, 0.1) is 12.2 Å². The maximum absolute atomic E-state index is 9.25. The first-order valence-electron chi connectivity index (χ1n) is 3.93. The number of rotatable bonds is 0. The second-order valence-corrected chi connectivity index (χ2v) is 3.34. The predicted octanol–water partition coefficient (Wildman–Crippen LogP) is -2.62. The van der Waals surface area contributed by atoms with Gasteiger partial charge in [0.15, 0.2) is 0 Å². The first-order chi connectivity index (χ1) is 5.52. The number of β-amino-alcohol motifs (C(OH)–C–C–N with tert-alkyl or cyclic N) is 2. The van der Waals surface area contributed by atoms with Gasteiger partial charge in [0.1, 0.15) is 12.2 Å². The Hall–Kier alpha value is -0.200. The summed E-state index contributed by atoms with van der Waals surface area (Å²) in [5.74, 6) is 0. The minimum atomic E-state index is -1.26. The molecule has 4 atom stereocenters. The summed E-state index contributed by atoms with van der Waals surface area (Å²) in [5.41, 5.74) is 0. The molecule has 0 aromatic carbocycles. The first kappa shape index (κ1) is 9.88. The lowest BCUT2D eigenvalue weighted by atomic mass is 10.1. The predicted molar refractivity (Wildman–Crippen MR) is 41.5 cm³/mol. The van der Waals surface area contributed by atoms with Crippen LogP contribution < -0.4 is 0 Å². The SMILES string of the molecule is CN1C[C@H](O)[C@@H](O)[C@H](O)[C@@H](O)C1. The molecule has 1 aliphatic rings. The van der Waals surface area contributed by atoms with E-state index in [4.69, 9.17) is 0 Å². The van der Waals surface area contributed by atoms with Gasteiger partial charge in [-0.2, -0.15) is 0 Å². The zero-order valence-corrected chi connectivity index (χ0v) is 6.96. The van der Waals surface area contributed by atoms with Gasteiger partial charge in [0.2, 0.25) is 0 Å². The second kappa shape index (κ2) is 3.68. The van der Waals surface area contributed by atoms with Crippen molar-refractivity contribution in [3.8, 4) is 0 Å². The average Bonchev–Trinajstić information content (AvgIpc) is 2.05. The Bertz CT molecular complexity index is 138. The molecule has 1 heterocycles. The maximum Gasteiger partial charge on any atom is 0.110 e. The molecule has 0 bridgehead atoms. The van der Waals surface area contributed by atoms with E-state index in [-0.39, 0.29) is 13.1 Å². The molecule has 72 valence electrons. The molecule has 1 fully saturated rings. The number of hydrogen-bond donors (Lipinski definition) is 4. The Morgan fingerprint density at radius 3 is 1.58 bits per heavy atom. The van der Waals surface area contributed by atoms with Crippen LogP contribution in [0.4, 0.5) is 0 Å². The molecule has 5 nitrogen and oxygen atoms in total. The van der Waals surface area contributed by atoms with Crippen molar-refractivity contribution < 1.29 is 20.4 Å². The van der Waals surface area contributed by atoms with E-state index >= 15 is 0 Å². The van der Waals surface area contributed by atoms with Gasteiger partial charge < -0.3 is 25.3 Å². The molecule has 0 unspecified atom stereocenters. The summed E-state index contributed by atoms with van der Waals surface area (Å²) in [6.45, 7) is 0.518. The monoisotopic (exact) mass is 177 g/mol. The molecular formula is C7H15NO4. The molecule has 4 N–H and O–H groups in total. The van der Waals surface area contributed by atoms with E-state index in [0.29, 0.717) is 0 Å². The highest BCUT2D eigenvalue weighted by Crippen LogP contribution is 2.11. The normalized spacial score (nSPS) is 45.8. The van der Waals surface area contributed by atoms with Gasteiger partial charge >= 0.3 is 0 Å². The molecule has 0 saturated carbocycles. The summed E-state index contributed by atoms with van der Waals surface area (Å²) in [7, 11) is 1.71. The lowest BCUT2D eigenvalue weighted by Gasteiger charge is -2.21. The summed E-state index contributed by atoms with van der Waals surface area (Å²) in [4.78, 5) is 1.66. The Morgan fingerprint density at radius 1 is 0.917 bits per heavy atom. The number of aliphatic hydroxyl groups excluding tert-OH is 4. The lowest BCUT2D eigenvalue weighted by molar-refractivity contribution is -0.0894. The van der Waals surface area contributed by atoms with E-state index in [9.17, 15) is 20.4 Å². The van der Waals surface area contributed by atoms with Gasteiger partial charge in [0, 0.05) is 13.1 Å². The summed E-state index contributed by atoms with van der Waals surface area (Å²) < 4.78 is 0. The molecule has 0 aliphatic carbocycles. The average molecular weight is 177 g/mol. The van der Waals surface area contributed by atoms with Gasteiger partial charge in [-0.3, -0.25) is 0 Å². The lowest BCUT2D eigenvalue weighted by Crippen LogP contribution is -2.43. The quantitative estimate of drug-likeness (QED) is 0.325. The van der Waals surface area contributed by atoms with Gasteiger partial charge in [-0.1, -0.05) is 0 Å². The third kappa shape index (κ3) is 1.94. The van der Waals surface area contributed by atoms with Crippen molar-refractivity contribution in [2.75, 3.05) is 20.1 Å². The summed E-state index contributed by atoms with van der Waals surface area (Å²) in [6.07, 6.45) is -4.51. The van der Waals surface area contributed by atoms with Crippen LogP contribution in [0.3, 0.4) is 0 Å². The van der Waals surface area contributed by atoms with E-state index in [0.717, 1.165) is 0 Å². The minimum Gasteiger partial charge on any atom is -0.389 e. The Kier molecular flexibility index (Phi) is 3.03. The van der Waals surface area contributed by atoms with Crippen LogP contribution in [0.25, 0.3) is 0 Å². The number of likely N-dealkylation sites (tertiary alicyclic amines) is 1. The zero-order valence-electron chi connectivity index (χ0n) is 6.96. The highest BCUT2D eigenvalue weighted by atomic mass is 16.4. The van der Waals surface area contributed by atoms with Crippen LogP contribution in [0.1, 0.15) is 0 Å². The van der Waals surface area contributed by atoms with E-state index < -0.39 is 24.4 Å². The van der Waals surface area contributed by atoms with E-state index in [1.165, 1.54) is 0 Å². The molecule has 0 spiro atoms. The van der Waals surface area contributed by atoms with Crippen LogP contribution in [-0.2, 0) is 0 Å². The third-order valence-electron chi connectivity index (χ3n) is 2.14. The Balaban J connectivity index is 2.66. The van der Waals surface area contributed by atoms with Crippen molar-refractivity contribution in [3.63, 3.8) is 0 Å². The van der Waals surface area contributed by atoms with Gasteiger partial charge in [0.25, 0.3) is 0 Å². The highest BCUT2D eigenvalue weighted by Gasteiger charge is 2.34. The van der Waals surface area contributed by atoms with Crippen molar-refractivity contribution in [1.82, 2.24) is 4.90 Å². The molecule has 1 rings (SSSR count). The van der Waals surface area contributed by atoms with Crippen molar-refractivity contribution in [2.24, 2.45) is 0 Å². The minimum absolute atomic E-state index is 0.259. The summed E-state index contributed by atoms with van der Waals surface area (Å²) >= 11 is 0. The fraction of sp³-hybridized carbons (Fsp3) is 1.00. The van der Waals surface area contributed by atoms with Crippen LogP contribution in [0, 0.1) is 0 Å². The molecule has 1 saturated heterocycles. The fourth-order valence-corrected chi connectivity index (χ4v) is 1.38. The van der Waals surface area contributed by atoms with E-state index in [2.05, 4.69) is 0 Å². The van der Waals surface area contributed by atoms with Crippen LogP contribution in [0.2, 0.25) is 0 Å². The van der Waals surface area contributed by atoms with Crippen molar-refractivity contribution in [2.45, 2.75) is 24.4 Å². The molecule has 0 radical (unpaired) electrons. The van der Waals surface area contributed by atoms with Crippen molar-refractivity contribution >= 4 is 0 Å². The van der Waals surface area contributed by atoms with Gasteiger partial charge in [-0.15, -0.1) is 0 Å². The third-order valence-corrected chi connectivity index (χ3v) is 2.14. The molecule has 0 aromatic rings. The molecular weight excluding hydrogens is 162 g/mol. The smallest absolute Gasteiger partial charge is 0.110 e. The molecule has 1 aliphatic heterocycles. The highest BCUT2D eigenvalue weighted by molar-refractivity contribution is 4.87. The number of nitrogens with zero attached hydrogens (tertiary/aromatic N) is 1. The van der Waals surface area contributed by atoms with Crippen LogP contribution in [0.15, 0.2) is 0 Å². The van der Waals surface area contributed by atoms with Crippen molar-refractivity contribution in [1.29, 1.82) is 0 Å². The fourth-order valence-electron chi connectivity index (χ4n) is 1.38. The molecule has 0 aromatic heterocycles. The number of aliphatic hydroxyl groups is 4. The van der Waals surface area contributed by atoms with Gasteiger partial charge in [-0.25, -0.2) is 0 Å². The Morgan fingerprint density at radius 2 is 1.25 bits per heavy atom. The molecule has 0 amide bonds. The topological polar surface area (TPSA) is 84.2 Å². The van der Waals surface area contributed by atoms with Crippen LogP contribution in [0.5, 0.6) is 0 Å². The van der Waals surface area contributed by atoms with Gasteiger partial charge in [-0.05, 0) is 7.05 Å². The first-order valence-corrected chi connectivity index (χ1v) is 3.93. The summed E-state index contributed by atoms with van der Waals surface area (Å²) in [6, 6.07) is 0. The number of hydrogen-bond acceptors (Lipinski definition) is 5. The summed E-state index contributed by atoms with van der Waals surface area (Å²) in [5, 5.41) is 37.0. The maximum atomic E-state index is 9.25. The Labute approximate surface area is 70.9 Å². The molecule has 5 heteroatoms. The largest absolute Gasteiger partial charge is 0.389 e. The zero-order chi connectivity index (χ0) is 9.30. The van der Waals surface area contributed by atoms with Crippen LogP contribution >= 0.6 is 0 Å². The second-order valence-electron chi connectivity index (χ2n) is 3.34. The van der Waals surface area contributed by atoms with E-state index in [1.807, 2.05) is 0 Å². The number of likely N-dealkylation sites (N-methyl/N-ethyl adjacent to an activating group) is 1. The standard InChI is InChI=1S/C7H15NO4/c1-8-2-4(9)6(11)7(12)5(10)3-8/h4-7,9-12H,2-3H2,1H3/t4-,5-,6+,7+/m0/s1. The molecule has 12 heavy (non-hydrogen) atoms. The van der Waals surface area contributed by atoms with Crippen molar-refractivity contribution in [3.05, 3.63) is 0 Å². The van der Waals surface area contributed by atoms with E-state index in [1.54, 1.807) is 11.9 Å². The van der Waals surface area contributed by atoms with Crippen LogP contribution in [-0.4, -0.2) is 69.9 Å².